The summed E-state index contributed by atoms with van der Waals surface area (Å²) in [5, 5.41) is 6.77. The molecule has 3 rings (SSSR count). The van der Waals surface area contributed by atoms with Crippen molar-refractivity contribution in [3.05, 3.63) is 11.1 Å². The van der Waals surface area contributed by atoms with E-state index in [0.717, 1.165) is 30.6 Å². The van der Waals surface area contributed by atoms with E-state index in [4.69, 9.17) is 4.74 Å². The van der Waals surface area contributed by atoms with Crippen LogP contribution >= 0.6 is 11.3 Å². The fourth-order valence-corrected chi connectivity index (χ4v) is 5.39. The van der Waals surface area contributed by atoms with Gasteiger partial charge in [-0.25, -0.2) is 9.78 Å². The summed E-state index contributed by atoms with van der Waals surface area (Å²) in [6.45, 7) is 6.22. The van der Waals surface area contributed by atoms with Crippen molar-refractivity contribution in [1.29, 1.82) is 0 Å². The van der Waals surface area contributed by atoms with Crippen molar-refractivity contribution in [3.63, 3.8) is 0 Å². The first-order chi connectivity index (χ1) is 14.8. The molecule has 0 radical (unpaired) electrons. The van der Waals surface area contributed by atoms with E-state index in [2.05, 4.69) is 20.5 Å². The predicted molar refractivity (Wildman–Crippen MR) is 124 cm³/mol. The minimum atomic E-state index is -0.483. The second kappa shape index (κ2) is 11.3. The van der Waals surface area contributed by atoms with Gasteiger partial charge in [0.25, 0.3) is 0 Å². The molecule has 2 fully saturated rings. The number of nitrogens with zero attached hydrogens (tertiary/aromatic N) is 2. The highest BCUT2D eigenvalue weighted by atomic mass is 32.1. The van der Waals surface area contributed by atoms with Gasteiger partial charge in [0.2, 0.25) is 0 Å². The third-order valence-electron chi connectivity index (χ3n) is 5.93. The van der Waals surface area contributed by atoms with Gasteiger partial charge in [0.1, 0.15) is 5.60 Å². The van der Waals surface area contributed by atoms with Crippen LogP contribution in [0.1, 0.15) is 89.9 Å². The monoisotopic (exact) mass is 450 g/mol. The van der Waals surface area contributed by atoms with E-state index >= 15 is 0 Å². The maximum Gasteiger partial charge on any atom is 0.324 e. The number of hydrogen-bond donors (Lipinski definition) is 2. The Labute approximate surface area is 190 Å². The number of esters is 1. The predicted octanol–water partition coefficient (Wildman–Crippen LogP) is 5.07. The van der Waals surface area contributed by atoms with Gasteiger partial charge in [-0.1, -0.05) is 38.5 Å². The molecule has 2 N–H and O–H groups in total. The van der Waals surface area contributed by atoms with Gasteiger partial charge >= 0.3 is 12.0 Å². The van der Waals surface area contributed by atoms with Crippen molar-refractivity contribution in [2.75, 3.05) is 11.9 Å². The number of thiazole rings is 1. The molecular weight excluding hydrogens is 412 g/mol. The number of nitrogens with one attached hydrogen (secondary N) is 2. The van der Waals surface area contributed by atoms with E-state index in [9.17, 15) is 9.59 Å². The third-order valence-corrected chi connectivity index (χ3v) is 6.84. The molecule has 2 saturated carbocycles. The van der Waals surface area contributed by atoms with Gasteiger partial charge in [-0.3, -0.25) is 10.1 Å². The van der Waals surface area contributed by atoms with E-state index in [1.807, 2.05) is 20.8 Å². The average Bonchev–Trinajstić information content (AvgIpc) is 3.15. The first-order valence-corrected chi connectivity index (χ1v) is 12.6. The molecule has 2 aliphatic carbocycles. The van der Waals surface area contributed by atoms with Crippen molar-refractivity contribution in [2.24, 2.45) is 0 Å². The van der Waals surface area contributed by atoms with Crippen molar-refractivity contribution >= 4 is 28.5 Å². The highest BCUT2D eigenvalue weighted by Gasteiger charge is 2.32. The minimum absolute atomic E-state index is 0.00131. The Balaban J connectivity index is 1.53. The Hall–Kier alpha value is -1.67. The molecule has 2 amide bonds. The molecule has 8 heteroatoms. The first-order valence-electron chi connectivity index (χ1n) is 11.8. The lowest BCUT2D eigenvalue weighted by Gasteiger charge is -2.41. The molecule has 2 aliphatic rings. The number of ether oxygens (including phenoxy) is 1. The molecule has 0 spiro atoms. The first kappa shape index (κ1) is 24.0. The van der Waals surface area contributed by atoms with Gasteiger partial charge in [-0.15, -0.1) is 11.3 Å². The van der Waals surface area contributed by atoms with Gasteiger partial charge in [-0.05, 0) is 46.5 Å². The van der Waals surface area contributed by atoms with E-state index in [1.54, 1.807) is 6.20 Å². The molecule has 174 valence electrons. The van der Waals surface area contributed by atoms with Crippen LogP contribution in [0.15, 0.2) is 6.20 Å². The summed E-state index contributed by atoms with van der Waals surface area (Å²) < 4.78 is 5.30. The Morgan fingerprint density at radius 1 is 1.06 bits per heavy atom. The lowest BCUT2D eigenvalue weighted by Crippen LogP contribution is -2.50. The fraction of sp³-hybridized carbons (Fsp3) is 0.783. The van der Waals surface area contributed by atoms with Gasteiger partial charge < -0.3 is 15.0 Å². The Morgan fingerprint density at radius 2 is 1.65 bits per heavy atom. The SMILES string of the molecule is CC(C)(C)OC(=O)CNCc1cnc(NC(=O)N(C2CCCCC2)C2CCCCC2)s1. The highest BCUT2D eigenvalue weighted by Crippen LogP contribution is 2.31. The summed E-state index contributed by atoms with van der Waals surface area (Å²) >= 11 is 1.45. The van der Waals surface area contributed by atoms with Gasteiger partial charge in [0, 0.05) is 29.7 Å². The highest BCUT2D eigenvalue weighted by molar-refractivity contribution is 7.15. The van der Waals surface area contributed by atoms with Crippen molar-refractivity contribution < 1.29 is 14.3 Å². The van der Waals surface area contributed by atoms with Crippen LogP contribution in [0.3, 0.4) is 0 Å². The molecule has 0 aromatic carbocycles. The second-order valence-electron chi connectivity index (χ2n) is 9.74. The summed E-state index contributed by atoms with van der Waals surface area (Å²) in [5.41, 5.74) is -0.483. The van der Waals surface area contributed by atoms with E-state index < -0.39 is 5.60 Å². The smallest absolute Gasteiger partial charge is 0.324 e. The number of rotatable bonds is 7. The van der Waals surface area contributed by atoms with Gasteiger partial charge in [-0.2, -0.15) is 0 Å². The Morgan fingerprint density at radius 3 is 2.19 bits per heavy atom. The molecule has 0 saturated heterocycles. The zero-order valence-corrected chi connectivity index (χ0v) is 20.1. The van der Waals surface area contributed by atoms with Crippen LogP contribution in [0, 0.1) is 0 Å². The molecule has 7 nitrogen and oxygen atoms in total. The second-order valence-corrected chi connectivity index (χ2v) is 10.9. The Bertz CT molecular complexity index is 701. The normalized spacial score (nSPS) is 18.5. The molecule has 0 bridgehead atoms. The molecule has 1 aromatic rings. The number of carbonyl (C=O) groups is 2. The summed E-state index contributed by atoms with van der Waals surface area (Å²) in [7, 11) is 0. The minimum Gasteiger partial charge on any atom is -0.459 e. The molecule has 0 unspecified atom stereocenters. The molecular formula is C23H38N4O3S. The fourth-order valence-electron chi connectivity index (χ4n) is 4.62. The molecule has 1 aromatic heterocycles. The number of urea groups is 1. The van der Waals surface area contributed by atoms with Crippen LogP contribution in [-0.2, 0) is 16.1 Å². The van der Waals surface area contributed by atoms with Gasteiger partial charge in [0.05, 0.1) is 6.54 Å². The van der Waals surface area contributed by atoms with Gasteiger partial charge in [0.15, 0.2) is 5.13 Å². The van der Waals surface area contributed by atoms with E-state index in [0.29, 0.717) is 23.8 Å². The summed E-state index contributed by atoms with van der Waals surface area (Å²) in [6, 6.07) is 0.708. The summed E-state index contributed by atoms with van der Waals surface area (Å²) in [4.78, 5) is 32.6. The van der Waals surface area contributed by atoms with Crippen molar-refractivity contribution in [1.82, 2.24) is 15.2 Å². The quantitative estimate of drug-likeness (QED) is 0.567. The van der Waals surface area contributed by atoms with Crippen molar-refractivity contribution in [3.8, 4) is 0 Å². The van der Waals surface area contributed by atoms with Crippen LogP contribution in [0.4, 0.5) is 9.93 Å². The lowest BCUT2D eigenvalue weighted by molar-refractivity contribution is -0.153. The molecule has 1 heterocycles. The van der Waals surface area contributed by atoms with Crippen LogP contribution in [0.5, 0.6) is 0 Å². The van der Waals surface area contributed by atoms with E-state index in [1.165, 1.54) is 49.9 Å². The molecule has 0 atom stereocenters. The van der Waals surface area contributed by atoms with Crippen LogP contribution < -0.4 is 10.6 Å². The standard InChI is InChI=1S/C23H38N4O3S/c1-23(2,3)30-20(28)16-24-14-19-15-25-21(31-19)26-22(29)27(17-10-6-4-7-11-17)18-12-8-5-9-13-18/h15,17-18,24H,4-14,16H2,1-3H3,(H,25,26,29). The van der Waals surface area contributed by atoms with E-state index in [-0.39, 0.29) is 18.5 Å². The number of aromatic nitrogens is 1. The number of anilines is 1. The maximum atomic E-state index is 13.3. The van der Waals surface area contributed by atoms with Crippen LogP contribution in [0.2, 0.25) is 0 Å². The summed E-state index contributed by atoms with van der Waals surface area (Å²) in [6.07, 6.45) is 13.6. The largest absolute Gasteiger partial charge is 0.459 e. The zero-order valence-electron chi connectivity index (χ0n) is 19.2. The third kappa shape index (κ3) is 7.75. The zero-order chi connectivity index (χ0) is 22.3. The van der Waals surface area contributed by atoms with Crippen LogP contribution in [-0.4, -0.2) is 46.1 Å². The Kier molecular flexibility index (Phi) is 8.72. The maximum absolute atomic E-state index is 13.3. The average molecular weight is 451 g/mol. The number of carbonyl (C=O) groups excluding carboxylic acids is 2. The lowest BCUT2D eigenvalue weighted by atomic mass is 9.89. The van der Waals surface area contributed by atoms with Crippen molar-refractivity contribution in [2.45, 2.75) is 109 Å². The summed E-state index contributed by atoms with van der Waals surface area (Å²) in [5.74, 6) is -0.277. The number of hydrogen-bond acceptors (Lipinski definition) is 6. The number of amides is 2. The molecule has 31 heavy (non-hydrogen) atoms. The molecule has 0 aliphatic heterocycles. The topological polar surface area (TPSA) is 83.6 Å². The van der Waals surface area contributed by atoms with Crippen LogP contribution in [0.25, 0.3) is 0 Å².